The summed E-state index contributed by atoms with van der Waals surface area (Å²) in [6, 6.07) is 14.0. The number of thioether (sulfide) groups is 1. The molecule has 0 N–H and O–H groups in total. The van der Waals surface area contributed by atoms with Gasteiger partial charge in [0.15, 0.2) is 0 Å². The van der Waals surface area contributed by atoms with Crippen molar-refractivity contribution in [3.63, 3.8) is 0 Å². The molecule has 8 heteroatoms. The maximum atomic E-state index is 12.9. The summed E-state index contributed by atoms with van der Waals surface area (Å²) in [6.45, 7) is 4.07. The normalized spacial score (nSPS) is 15.5. The number of tetrazole rings is 1. The van der Waals surface area contributed by atoms with Crippen LogP contribution in [0.1, 0.15) is 18.1 Å². The van der Waals surface area contributed by atoms with Gasteiger partial charge in [-0.3, -0.25) is 4.79 Å². The molecule has 1 aromatic heterocycles. The van der Waals surface area contributed by atoms with Crippen molar-refractivity contribution in [1.29, 1.82) is 0 Å². The van der Waals surface area contributed by atoms with Crippen molar-refractivity contribution in [3.8, 4) is 11.4 Å². The van der Waals surface area contributed by atoms with Crippen LogP contribution >= 0.6 is 11.8 Å². The van der Waals surface area contributed by atoms with E-state index in [0.717, 1.165) is 23.4 Å². The summed E-state index contributed by atoms with van der Waals surface area (Å²) < 4.78 is 7.05. The molecule has 0 bridgehead atoms. The highest BCUT2D eigenvalue weighted by molar-refractivity contribution is 7.99. The molecule has 0 unspecified atom stereocenters. The van der Waals surface area contributed by atoms with Gasteiger partial charge in [0.25, 0.3) is 0 Å². The van der Waals surface area contributed by atoms with Crippen LogP contribution in [0.5, 0.6) is 5.75 Å². The van der Waals surface area contributed by atoms with Gasteiger partial charge in [0.05, 0.1) is 12.9 Å². The van der Waals surface area contributed by atoms with Crippen LogP contribution in [0.4, 0.5) is 5.69 Å². The average Bonchev–Trinajstić information content (AvgIpc) is 3.29. The van der Waals surface area contributed by atoms with Gasteiger partial charge < -0.3 is 9.64 Å². The van der Waals surface area contributed by atoms with Crippen molar-refractivity contribution in [1.82, 2.24) is 20.2 Å². The van der Waals surface area contributed by atoms with Crippen LogP contribution in [-0.4, -0.2) is 45.0 Å². The highest BCUT2D eigenvalue weighted by atomic mass is 32.2. The molecule has 1 amide bonds. The van der Waals surface area contributed by atoms with Crippen LogP contribution in [0.25, 0.3) is 5.69 Å². The van der Waals surface area contributed by atoms with E-state index in [1.807, 2.05) is 48.2 Å². The number of rotatable bonds is 5. The molecule has 0 aliphatic carbocycles. The molecular formula is C20H21N5O2S. The van der Waals surface area contributed by atoms with Crippen molar-refractivity contribution < 1.29 is 9.53 Å². The Morgan fingerprint density at radius 2 is 2.07 bits per heavy atom. The van der Waals surface area contributed by atoms with Crippen LogP contribution in [-0.2, 0) is 11.2 Å². The summed E-state index contributed by atoms with van der Waals surface area (Å²) >= 11 is 1.33. The van der Waals surface area contributed by atoms with Crippen LogP contribution in [0.3, 0.4) is 0 Å². The fourth-order valence-corrected chi connectivity index (χ4v) is 4.27. The lowest BCUT2D eigenvalue weighted by Crippen LogP contribution is -2.37. The van der Waals surface area contributed by atoms with Gasteiger partial charge >= 0.3 is 0 Å². The lowest BCUT2D eigenvalue weighted by molar-refractivity contribution is -0.116. The fourth-order valence-electron chi connectivity index (χ4n) is 3.53. The number of anilines is 1. The van der Waals surface area contributed by atoms with E-state index in [9.17, 15) is 4.79 Å². The Bertz CT molecular complexity index is 1020. The first-order valence-electron chi connectivity index (χ1n) is 9.04. The zero-order chi connectivity index (χ0) is 19.7. The second kappa shape index (κ2) is 7.63. The molecule has 2 heterocycles. The average molecular weight is 395 g/mol. The Morgan fingerprint density at radius 1 is 1.25 bits per heavy atom. The van der Waals surface area contributed by atoms with Crippen molar-refractivity contribution in [2.24, 2.45) is 0 Å². The molecule has 7 nitrogen and oxygen atoms in total. The van der Waals surface area contributed by atoms with E-state index in [0.29, 0.717) is 10.9 Å². The molecule has 0 saturated carbocycles. The maximum Gasteiger partial charge on any atom is 0.237 e. The van der Waals surface area contributed by atoms with Crippen molar-refractivity contribution in [2.75, 3.05) is 17.8 Å². The molecular weight excluding hydrogens is 374 g/mol. The monoisotopic (exact) mass is 395 g/mol. The lowest BCUT2D eigenvalue weighted by atomic mass is 10.1. The fraction of sp³-hybridized carbons (Fsp3) is 0.300. The number of hydrogen-bond donors (Lipinski definition) is 0. The number of fused-ring (bicyclic) bond motifs is 1. The zero-order valence-electron chi connectivity index (χ0n) is 16.0. The largest absolute Gasteiger partial charge is 0.494 e. The molecule has 1 aliphatic heterocycles. The Kier molecular flexibility index (Phi) is 5.04. The number of carbonyl (C=O) groups is 1. The van der Waals surface area contributed by atoms with Crippen LogP contribution < -0.4 is 9.64 Å². The smallest absolute Gasteiger partial charge is 0.237 e. The summed E-state index contributed by atoms with van der Waals surface area (Å²) in [4.78, 5) is 14.8. The Labute approximate surface area is 167 Å². The van der Waals surface area contributed by atoms with Crippen molar-refractivity contribution in [2.45, 2.75) is 31.5 Å². The summed E-state index contributed by atoms with van der Waals surface area (Å²) in [6.07, 6.45) is 0.880. The summed E-state index contributed by atoms with van der Waals surface area (Å²) in [5, 5.41) is 12.5. The topological polar surface area (TPSA) is 73.1 Å². The Morgan fingerprint density at radius 3 is 2.89 bits per heavy atom. The maximum absolute atomic E-state index is 12.9. The van der Waals surface area contributed by atoms with E-state index >= 15 is 0 Å². The molecule has 2 aromatic carbocycles. The number of methoxy groups -OCH3 is 1. The standard InChI is InChI=1S/C20H21N5O2S/c1-13-8-9-18(27-3)17(10-13)25-20(21-22-23-25)28-12-19(26)24-14(2)11-15-6-4-5-7-16(15)24/h4-10,14H,11-12H2,1-3H3/t14-/m1/s1. The Hall–Kier alpha value is -2.87. The van der Waals surface area contributed by atoms with Gasteiger partial charge in [0.1, 0.15) is 11.4 Å². The number of aromatic nitrogens is 4. The van der Waals surface area contributed by atoms with E-state index < -0.39 is 0 Å². The second-order valence-corrected chi connectivity index (χ2v) is 7.73. The minimum Gasteiger partial charge on any atom is -0.494 e. The summed E-state index contributed by atoms with van der Waals surface area (Å²) in [5.41, 5.74) is 4.03. The minimum atomic E-state index is 0.0493. The molecule has 0 radical (unpaired) electrons. The SMILES string of the molecule is COc1ccc(C)cc1-n1nnnc1SCC(=O)N1c2ccccc2C[C@H]1C. The van der Waals surface area contributed by atoms with Crippen LogP contribution in [0.2, 0.25) is 0 Å². The molecule has 0 fully saturated rings. The quantitative estimate of drug-likeness (QED) is 0.618. The summed E-state index contributed by atoms with van der Waals surface area (Å²) in [7, 11) is 1.61. The van der Waals surface area contributed by atoms with E-state index in [1.54, 1.807) is 11.8 Å². The van der Waals surface area contributed by atoms with E-state index in [-0.39, 0.29) is 17.7 Å². The molecule has 0 saturated heterocycles. The van der Waals surface area contributed by atoms with E-state index in [2.05, 4.69) is 28.5 Å². The van der Waals surface area contributed by atoms with Crippen molar-refractivity contribution in [3.05, 3.63) is 53.6 Å². The molecule has 144 valence electrons. The van der Waals surface area contributed by atoms with Crippen LogP contribution in [0.15, 0.2) is 47.6 Å². The molecule has 3 aromatic rings. The third kappa shape index (κ3) is 3.35. The predicted molar refractivity (Wildman–Crippen MR) is 108 cm³/mol. The highest BCUT2D eigenvalue weighted by Crippen LogP contribution is 2.33. The molecule has 1 aliphatic rings. The van der Waals surface area contributed by atoms with Gasteiger partial charge in [-0.2, -0.15) is 4.68 Å². The highest BCUT2D eigenvalue weighted by Gasteiger charge is 2.30. The van der Waals surface area contributed by atoms with Gasteiger partial charge in [0, 0.05) is 11.7 Å². The first-order valence-corrected chi connectivity index (χ1v) is 10.0. The molecule has 4 rings (SSSR count). The minimum absolute atomic E-state index is 0.0493. The number of aryl methyl sites for hydroxylation is 1. The van der Waals surface area contributed by atoms with Gasteiger partial charge in [-0.15, -0.1) is 5.10 Å². The number of para-hydroxylation sites is 1. The first-order chi connectivity index (χ1) is 13.6. The third-order valence-electron chi connectivity index (χ3n) is 4.80. The number of amides is 1. The number of nitrogens with zero attached hydrogens (tertiary/aromatic N) is 5. The molecule has 0 spiro atoms. The first kappa shape index (κ1) is 18.5. The molecule has 1 atom stereocenters. The summed E-state index contributed by atoms with van der Waals surface area (Å²) in [5.74, 6) is 0.981. The third-order valence-corrected chi connectivity index (χ3v) is 5.71. The van der Waals surface area contributed by atoms with Gasteiger partial charge in [0.2, 0.25) is 11.1 Å². The number of hydrogen-bond acceptors (Lipinski definition) is 6. The number of carbonyl (C=O) groups excluding carboxylic acids is 1. The second-order valence-electron chi connectivity index (χ2n) is 6.78. The molecule has 28 heavy (non-hydrogen) atoms. The predicted octanol–water partition coefficient (Wildman–Crippen LogP) is 3.05. The Balaban J connectivity index is 1.54. The lowest BCUT2D eigenvalue weighted by Gasteiger charge is -2.22. The van der Waals surface area contributed by atoms with E-state index in [4.69, 9.17) is 4.74 Å². The zero-order valence-corrected chi connectivity index (χ0v) is 16.8. The van der Waals surface area contributed by atoms with Gasteiger partial charge in [-0.05, 0) is 60.0 Å². The number of benzene rings is 2. The van der Waals surface area contributed by atoms with Crippen LogP contribution in [0, 0.1) is 6.92 Å². The van der Waals surface area contributed by atoms with Crippen molar-refractivity contribution >= 4 is 23.4 Å². The van der Waals surface area contributed by atoms with Gasteiger partial charge in [-0.25, -0.2) is 0 Å². The van der Waals surface area contributed by atoms with E-state index in [1.165, 1.54) is 17.3 Å². The number of ether oxygens (including phenoxy) is 1. The van der Waals surface area contributed by atoms with Gasteiger partial charge in [-0.1, -0.05) is 36.0 Å².